The number of nitrogens with zero attached hydrogens (tertiary/aromatic N) is 3. The fraction of sp³-hybridized carbons (Fsp3) is 0.100. The Hall–Kier alpha value is -3.52. The highest BCUT2D eigenvalue weighted by molar-refractivity contribution is 7.15. The molecule has 1 N–H and O–H groups in total. The van der Waals surface area contributed by atoms with E-state index in [1.54, 1.807) is 22.7 Å². The number of aryl methyl sites for hydroxylation is 1. The number of esters is 1. The number of ether oxygens (including phenoxy) is 1. The maximum absolute atomic E-state index is 12.5. The molecule has 0 unspecified atom stereocenters. The van der Waals surface area contributed by atoms with Gasteiger partial charge in [-0.2, -0.15) is 4.98 Å². The molecule has 1 amide bonds. The van der Waals surface area contributed by atoms with Gasteiger partial charge in [0.2, 0.25) is 4.96 Å². The summed E-state index contributed by atoms with van der Waals surface area (Å²) in [5, 5.41) is 9.07. The van der Waals surface area contributed by atoms with Crippen molar-refractivity contribution in [2.24, 2.45) is 0 Å². The monoisotopic (exact) mass is 392 g/mol. The first kappa shape index (κ1) is 17.9. The van der Waals surface area contributed by atoms with Crippen LogP contribution in [-0.2, 0) is 4.79 Å². The number of rotatable bonds is 4. The molecule has 8 heteroatoms. The van der Waals surface area contributed by atoms with Crippen LogP contribution in [0.1, 0.15) is 22.8 Å². The second-order valence-electron chi connectivity index (χ2n) is 6.19. The highest BCUT2D eigenvalue weighted by atomic mass is 32.1. The average Bonchev–Trinajstić information content (AvgIpc) is 3.22. The van der Waals surface area contributed by atoms with E-state index in [1.165, 1.54) is 29.9 Å². The quantitative estimate of drug-likeness (QED) is 0.420. The third-order valence-corrected chi connectivity index (χ3v) is 4.83. The fourth-order valence-corrected chi connectivity index (χ4v) is 3.53. The van der Waals surface area contributed by atoms with Crippen molar-refractivity contribution in [3.05, 3.63) is 65.0 Å². The molecule has 0 radical (unpaired) electrons. The van der Waals surface area contributed by atoms with Crippen LogP contribution in [0.4, 0.5) is 5.95 Å². The lowest BCUT2D eigenvalue weighted by molar-refractivity contribution is -0.131. The van der Waals surface area contributed by atoms with Crippen molar-refractivity contribution in [2.75, 3.05) is 5.32 Å². The van der Waals surface area contributed by atoms with E-state index in [2.05, 4.69) is 15.4 Å². The predicted molar refractivity (Wildman–Crippen MR) is 107 cm³/mol. The molecule has 2 aromatic carbocycles. The van der Waals surface area contributed by atoms with Gasteiger partial charge in [0.15, 0.2) is 0 Å². The standard InChI is InChI=1S/C20H16N4O3S/c1-12-6-8-14(9-7-12)17-11-28-20-22-19(23-24(17)20)21-18(26)15-4-3-5-16(10-15)27-13(2)25/h3-11H,1-2H3,(H,21,23,26). The number of benzene rings is 2. The second kappa shape index (κ2) is 7.24. The molecule has 0 spiro atoms. The molecule has 0 aliphatic carbocycles. The highest BCUT2D eigenvalue weighted by Crippen LogP contribution is 2.26. The molecule has 2 aromatic heterocycles. The summed E-state index contributed by atoms with van der Waals surface area (Å²) >= 11 is 1.45. The second-order valence-corrected chi connectivity index (χ2v) is 7.03. The van der Waals surface area contributed by atoms with Crippen LogP contribution in [0.2, 0.25) is 0 Å². The Morgan fingerprint density at radius 1 is 1.14 bits per heavy atom. The van der Waals surface area contributed by atoms with Gasteiger partial charge in [0.05, 0.1) is 5.69 Å². The van der Waals surface area contributed by atoms with E-state index in [-0.39, 0.29) is 11.9 Å². The Morgan fingerprint density at radius 3 is 2.68 bits per heavy atom. The summed E-state index contributed by atoms with van der Waals surface area (Å²) in [4.78, 5) is 28.6. The van der Waals surface area contributed by atoms with E-state index < -0.39 is 5.97 Å². The summed E-state index contributed by atoms with van der Waals surface area (Å²) in [6.07, 6.45) is 0. The first-order valence-electron chi connectivity index (χ1n) is 8.51. The first-order valence-corrected chi connectivity index (χ1v) is 9.39. The van der Waals surface area contributed by atoms with Crippen molar-refractivity contribution >= 4 is 34.1 Å². The molecule has 0 atom stereocenters. The third kappa shape index (κ3) is 3.63. The molecule has 0 saturated heterocycles. The highest BCUT2D eigenvalue weighted by Gasteiger charge is 2.15. The molecule has 0 aliphatic heterocycles. The number of thiazole rings is 1. The minimum absolute atomic E-state index is 0.211. The van der Waals surface area contributed by atoms with Gasteiger partial charge >= 0.3 is 5.97 Å². The maximum Gasteiger partial charge on any atom is 0.308 e. The third-order valence-electron chi connectivity index (χ3n) is 4.01. The Kier molecular flexibility index (Phi) is 4.62. The Morgan fingerprint density at radius 2 is 1.93 bits per heavy atom. The summed E-state index contributed by atoms with van der Waals surface area (Å²) in [5.74, 6) is -0.315. The lowest BCUT2D eigenvalue weighted by atomic mass is 10.1. The van der Waals surface area contributed by atoms with Crippen molar-refractivity contribution in [1.82, 2.24) is 14.6 Å². The van der Waals surface area contributed by atoms with Gasteiger partial charge < -0.3 is 4.74 Å². The number of amides is 1. The minimum Gasteiger partial charge on any atom is -0.427 e. The molecule has 140 valence electrons. The number of hydrogen-bond acceptors (Lipinski definition) is 6. The maximum atomic E-state index is 12.5. The van der Waals surface area contributed by atoms with E-state index in [0.29, 0.717) is 16.3 Å². The largest absolute Gasteiger partial charge is 0.427 e. The summed E-state index contributed by atoms with van der Waals surface area (Å²) in [6.45, 7) is 3.34. The van der Waals surface area contributed by atoms with Crippen LogP contribution < -0.4 is 10.1 Å². The average molecular weight is 392 g/mol. The van der Waals surface area contributed by atoms with E-state index in [9.17, 15) is 9.59 Å². The van der Waals surface area contributed by atoms with Gasteiger partial charge in [-0.3, -0.25) is 14.9 Å². The summed E-state index contributed by atoms with van der Waals surface area (Å²) in [6, 6.07) is 14.5. The summed E-state index contributed by atoms with van der Waals surface area (Å²) < 4.78 is 6.72. The van der Waals surface area contributed by atoms with E-state index in [0.717, 1.165) is 11.3 Å². The number of carbonyl (C=O) groups is 2. The van der Waals surface area contributed by atoms with Crippen LogP contribution >= 0.6 is 11.3 Å². The number of nitrogens with one attached hydrogen (secondary N) is 1. The van der Waals surface area contributed by atoms with Crippen molar-refractivity contribution in [1.29, 1.82) is 0 Å². The molecule has 4 rings (SSSR count). The molecule has 4 aromatic rings. The number of aromatic nitrogens is 3. The van der Waals surface area contributed by atoms with Gasteiger partial charge in [-0.05, 0) is 25.1 Å². The smallest absolute Gasteiger partial charge is 0.308 e. The SMILES string of the molecule is CC(=O)Oc1cccc(C(=O)Nc2nc3scc(-c4ccc(C)cc4)n3n2)c1. The van der Waals surface area contributed by atoms with Crippen molar-refractivity contribution in [3.63, 3.8) is 0 Å². The van der Waals surface area contributed by atoms with Crippen molar-refractivity contribution < 1.29 is 14.3 Å². The number of hydrogen-bond donors (Lipinski definition) is 1. The zero-order chi connectivity index (χ0) is 19.7. The van der Waals surface area contributed by atoms with Crippen molar-refractivity contribution in [2.45, 2.75) is 13.8 Å². The molecule has 0 saturated carbocycles. The van der Waals surface area contributed by atoms with Crippen LogP contribution in [0.5, 0.6) is 5.75 Å². The minimum atomic E-state index is -0.447. The van der Waals surface area contributed by atoms with E-state index >= 15 is 0 Å². The van der Waals surface area contributed by atoms with Gasteiger partial charge in [-0.15, -0.1) is 16.4 Å². The van der Waals surface area contributed by atoms with Gasteiger partial charge in [-0.25, -0.2) is 4.52 Å². The van der Waals surface area contributed by atoms with Crippen LogP contribution in [0.25, 0.3) is 16.2 Å². The summed E-state index contributed by atoms with van der Waals surface area (Å²) in [5.41, 5.74) is 3.45. The number of anilines is 1. The summed E-state index contributed by atoms with van der Waals surface area (Å²) in [7, 11) is 0. The molecule has 0 fully saturated rings. The Balaban J connectivity index is 1.58. The molecular formula is C20H16N4O3S. The molecule has 0 bridgehead atoms. The lowest BCUT2D eigenvalue weighted by Crippen LogP contribution is -2.13. The number of carbonyl (C=O) groups excluding carboxylic acids is 2. The molecule has 28 heavy (non-hydrogen) atoms. The molecule has 7 nitrogen and oxygen atoms in total. The predicted octanol–water partition coefficient (Wildman–Crippen LogP) is 3.94. The Labute approximate surface area is 164 Å². The van der Waals surface area contributed by atoms with Crippen LogP contribution in [0.15, 0.2) is 53.9 Å². The zero-order valence-corrected chi connectivity index (χ0v) is 16.0. The Bertz CT molecular complexity index is 1180. The normalized spacial score (nSPS) is 10.8. The van der Waals surface area contributed by atoms with Gasteiger partial charge in [-0.1, -0.05) is 35.9 Å². The lowest BCUT2D eigenvalue weighted by Gasteiger charge is -2.04. The first-order chi connectivity index (χ1) is 13.5. The van der Waals surface area contributed by atoms with Crippen LogP contribution in [-0.4, -0.2) is 26.5 Å². The van der Waals surface area contributed by atoms with Gasteiger partial charge in [0.25, 0.3) is 11.9 Å². The van der Waals surface area contributed by atoms with Gasteiger partial charge in [0, 0.05) is 23.4 Å². The van der Waals surface area contributed by atoms with Crippen LogP contribution in [0.3, 0.4) is 0 Å². The van der Waals surface area contributed by atoms with Crippen LogP contribution in [0, 0.1) is 6.92 Å². The number of fused-ring (bicyclic) bond motifs is 1. The molecule has 0 aliphatic rings. The molecular weight excluding hydrogens is 376 g/mol. The van der Waals surface area contributed by atoms with Crippen molar-refractivity contribution in [3.8, 4) is 17.0 Å². The van der Waals surface area contributed by atoms with Gasteiger partial charge in [0.1, 0.15) is 5.75 Å². The van der Waals surface area contributed by atoms with E-state index in [1.807, 2.05) is 36.6 Å². The fourth-order valence-electron chi connectivity index (χ4n) is 2.70. The van der Waals surface area contributed by atoms with E-state index in [4.69, 9.17) is 4.74 Å². The molecule has 2 heterocycles. The topological polar surface area (TPSA) is 85.6 Å². The zero-order valence-electron chi connectivity index (χ0n) is 15.2.